The fourth-order valence-electron chi connectivity index (χ4n) is 4.04. The number of hydrogen-bond acceptors (Lipinski definition) is 1. The van der Waals surface area contributed by atoms with Gasteiger partial charge in [-0.05, 0) is 50.9 Å². The Kier molecular flexibility index (Phi) is 5.71. The highest BCUT2D eigenvalue weighted by atomic mass is 16.5. The number of nitrogens with one attached hydrogen (secondary N) is 2. The van der Waals surface area contributed by atoms with E-state index in [9.17, 15) is 0 Å². The van der Waals surface area contributed by atoms with E-state index in [1.54, 1.807) is 4.90 Å². The molecule has 0 amide bonds. The molecule has 2 aliphatic rings. The van der Waals surface area contributed by atoms with Crippen LogP contribution in [0.25, 0.3) is 0 Å². The molecule has 0 aliphatic carbocycles. The summed E-state index contributed by atoms with van der Waals surface area (Å²) in [6.07, 6.45) is 6.38. The van der Waals surface area contributed by atoms with Gasteiger partial charge >= 0.3 is 0 Å². The maximum absolute atomic E-state index is 6.06. The Labute approximate surface area is 131 Å². The molecule has 3 heteroatoms. The van der Waals surface area contributed by atoms with Gasteiger partial charge in [-0.25, -0.2) is 0 Å². The Morgan fingerprint density at radius 2 is 2.05 bits per heavy atom. The molecule has 0 saturated carbocycles. The van der Waals surface area contributed by atoms with Crippen molar-refractivity contribution in [3.63, 3.8) is 0 Å². The second kappa shape index (κ2) is 7.13. The van der Waals surface area contributed by atoms with Crippen molar-refractivity contribution in [3.05, 3.63) is 0 Å². The molecule has 0 aromatic heterocycles. The van der Waals surface area contributed by atoms with Crippen molar-refractivity contribution >= 4 is 0 Å². The second-order valence-electron chi connectivity index (χ2n) is 7.77. The minimum absolute atomic E-state index is 0.112. The number of piperidine rings is 1. The lowest BCUT2D eigenvalue weighted by Crippen LogP contribution is -3.14. The molecule has 3 nitrogen and oxygen atoms in total. The molecule has 3 atom stereocenters. The lowest BCUT2D eigenvalue weighted by molar-refractivity contribution is -0.906. The lowest BCUT2D eigenvalue weighted by atomic mass is 9.68. The average molecular weight is 294 g/mol. The van der Waals surface area contributed by atoms with Crippen LogP contribution in [-0.2, 0) is 4.74 Å². The van der Waals surface area contributed by atoms with Gasteiger partial charge in [0, 0.05) is 12.0 Å². The zero-order valence-corrected chi connectivity index (χ0v) is 14.5. The molecule has 2 aliphatic heterocycles. The standard InChI is InChI=1S/C18H32N2O/c1-5-17(2)15-18(10-14-21-17)9-8-13-20(16-18)12-7-6-11-19(3)4/h5,8-16H2,1-4H3/p+2/t17-,18+/m1/s1. The van der Waals surface area contributed by atoms with Crippen molar-refractivity contribution in [2.45, 2.75) is 51.6 Å². The van der Waals surface area contributed by atoms with Crippen LogP contribution in [-0.4, -0.2) is 52.5 Å². The number of ether oxygens (including phenoxy) is 1. The van der Waals surface area contributed by atoms with E-state index in [-0.39, 0.29) is 5.60 Å². The van der Waals surface area contributed by atoms with E-state index in [4.69, 9.17) is 4.74 Å². The van der Waals surface area contributed by atoms with Crippen LogP contribution in [0.1, 0.15) is 46.0 Å². The van der Waals surface area contributed by atoms with Crippen LogP contribution < -0.4 is 9.80 Å². The molecule has 1 unspecified atom stereocenters. The van der Waals surface area contributed by atoms with Crippen LogP contribution in [0, 0.1) is 17.3 Å². The van der Waals surface area contributed by atoms with Gasteiger partial charge in [-0.3, -0.25) is 0 Å². The number of likely N-dealkylation sites (tertiary alicyclic amines) is 1. The van der Waals surface area contributed by atoms with Crippen molar-refractivity contribution in [3.8, 4) is 11.8 Å². The molecule has 120 valence electrons. The average Bonchev–Trinajstić information content (AvgIpc) is 2.43. The first-order valence-corrected chi connectivity index (χ1v) is 8.69. The van der Waals surface area contributed by atoms with Crippen LogP contribution >= 0.6 is 0 Å². The van der Waals surface area contributed by atoms with Crippen LogP contribution in [0.3, 0.4) is 0 Å². The van der Waals surface area contributed by atoms with Crippen LogP contribution in [0.4, 0.5) is 0 Å². The number of rotatable bonds is 3. The normalized spacial score (nSPS) is 36.5. The first kappa shape index (κ1) is 16.8. The van der Waals surface area contributed by atoms with Crippen molar-refractivity contribution in [2.75, 3.05) is 46.9 Å². The number of quaternary nitrogens is 2. The SMILES string of the molecule is CC[C@]1(C)C[C@]2(CCC[NH+](CC#CC[NH+](C)C)C2)CCO1. The fraction of sp³-hybridized carbons (Fsp3) is 0.889. The number of hydrogen-bond donors (Lipinski definition) is 2. The summed E-state index contributed by atoms with van der Waals surface area (Å²) in [7, 11) is 4.32. The summed E-state index contributed by atoms with van der Waals surface area (Å²) in [6.45, 7) is 10.1. The predicted octanol–water partition coefficient (Wildman–Crippen LogP) is -0.221. The summed E-state index contributed by atoms with van der Waals surface area (Å²) in [5.74, 6) is 6.72. The van der Waals surface area contributed by atoms with E-state index in [0.29, 0.717) is 5.41 Å². The molecule has 2 heterocycles. The van der Waals surface area contributed by atoms with Gasteiger partial charge in [0.05, 0.1) is 32.8 Å². The third-order valence-corrected chi connectivity index (χ3v) is 5.35. The van der Waals surface area contributed by atoms with E-state index < -0.39 is 0 Å². The molecule has 2 rings (SSSR count). The van der Waals surface area contributed by atoms with Gasteiger partial charge in [0.1, 0.15) is 13.1 Å². The highest BCUT2D eigenvalue weighted by Crippen LogP contribution is 2.43. The molecule has 1 spiro atoms. The Hall–Kier alpha value is -0.560. The highest BCUT2D eigenvalue weighted by molar-refractivity contribution is 4.99. The lowest BCUT2D eigenvalue weighted by Gasteiger charge is -2.48. The van der Waals surface area contributed by atoms with Crippen LogP contribution in [0.5, 0.6) is 0 Å². The van der Waals surface area contributed by atoms with E-state index in [0.717, 1.165) is 26.1 Å². The molecule has 0 radical (unpaired) electrons. The first-order valence-electron chi connectivity index (χ1n) is 8.69. The molecular formula is C18H34N2O+2. The van der Waals surface area contributed by atoms with E-state index in [1.165, 1.54) is 43.7 Å². The largest absolute Gasteiger partial charge is 0.375 e. The zero-order chi connectivity index (χ0) is 15.3. The third kappa shape index (κ3) is 4.71. The molecule has 0 bridgehead atoms. The van der Waals surface area contributed by atoms with Crippen molar-refractivity contribution in [1.29, 1.82) is 0 Å². The Balaban J connectivity index is 1.91. The molecule has 2 N–H and O–H groups in total. The monoisotopic (exact) mass is 294 g/mol. The Bertz CT molecular complexity index is 394. The van der Waals surface area contributed by atoms with Crippen molar-refractivity contribution in [1.82, 2.24) is 0 Å². The van der Waals surface area contributed by atoms with Crippen molar-refractivity contribution < 1.29 is 14.5 Å². The van der Waals surface area contributed by atoms with Gasteiger partial charge in [0.15, 0.2) is 0 Å². The Morgan fingerprint density at radius 1 is 1.24 bits per heavy atom. The van der Waals surface area contributed by atoms with E-state index in [2.05, 4.69) is 39.8 Å². The molecule has 0 aromatic rings. The summed E-state index contributed by atoms with van der Waals surface area (Å²) in [6, 6.07) is 0. The first-order chi connectivity index (χ1) is 9.97. The van der Waals surface area contributed by atoms with Gasteiger partial charge < -0.3 is 14.5 Å². The quantitative estimate of drug-likeness (QED) is 0.689. The summed E-state index contributed by atoms with van der Waals surface area (Å²) >= 11 is 0. The van der Waals surface area contributed by atoms with Gasteiger partial charge in [0.2, 0.25) is 0 Å². The molecule has 0 aromatic carbocycles. The van der Waals surface area contributed by atoms with Gasteiger partial charge in [-0.1, -0.05) is 6.92 Å². The summed E-state index contributed by atoms with van der Waals surface area (Å²) in [4.78, 5) is 3.11. The summed E-state index contributed by atoms with van der Waals surface area (Å²) in [5.41, 5.74) is 0.631. The van der Waals surface area contributed by atoms with Crippen LogP contribution in [0.15, 0.2) is 0 Å². The summed E-state index contributed by atoms with van der Waals surface area (Å²) in [5, 5.41) is 0. The minimum atomic E-state index is 0.112. The molecule has 2 fully saturated rings. The van der Waals surface area contributed by atoms with E-state index in [1.807, 2.05) is 0 Å². The predicted molar refractivity (Wildman–Crippen MR) is 86.6 cm³/mol. The summed E-state index contributed by atoms with van der Waals surface area (Å²) < 4.78 is 6.06. The molecular weight excluding hydrogens is 260 g/mol. The third-order valence-electron chi connectivity index (χ3n) is 5.35. The highest BCUT2D eigenvalue weighted by Gasteiger charge is 2.46. The fourth-order valence-corrected chi connectivity index (χ4v) is 4.04. The van der Waals surface area contributed by atoms with Gasteiger partial charge in [-0.2, -0.15) is 0 Å². The minimum Gasteiger partial charge on any atom is -0.375 e. The second-order valence-corrected chi connectivity index (χ2v) is 7.77. The zero-order valence-electron chi connectivity index (χ0n) is 14.5. The molecule has 21 heavy (non-hydrogen) atoms. The molecule has 2 saturated heterocycles. The Morgan fingerprint density at radius 3 is 2.76 bits per heavy atom. The van der Waals surface area contributed by atoms with Crippen LogP contribution in [0.2, 0.25) is 0 Å². The van der Waals surface area contributed by atoms with Gasteiger partial charge in [0.25, 0.3) is 0 Å². The van der Waals surface area contributed by atoms with Crippen molar-refractivity contribution in [2.24, 2.45) is 5.41 Å². The maximum atomic E-state index is 6.06. The van der Waals surface area contributed by atoms with E-state index >= 15 is 0 Å². The van der Waals surface area contributed by atoms with Gasteiger partial charge in [-0.15, -0.1) is 0 Å². The smallest absolute Gasteiger partial charge is 0.139 e. The topological polar surface area (TPSA) is 18.1 Å². The maximum Gasteiger partial charge on any atom is 0.139 e.